The van der Waals surface area contributed by atoms with Crippen LogP contribution < -0.4 is 10.6 Å². The average molecular weight is 348 g/mol. The van der Waals surface area contributed by atoms with Crippen LogP contribution in [0.2, 0.25) is 4.34 Å². The van der Waals surface area contributed by atoms with Gasteiger partial charge in [-0.05, 0) is 35.0 Å². The highest BCUT2D eigenvalue weighted by molar-refractivity contribution is 9.10. The van der Waals surface area contributed by atoms with Crippen LogP contribution in [0.25, 0.3) is 0 Å². The van der Waals surface area contributed by atoms with Crippen molar-refractivity contribution in [1.82, 2.24) is 9.97 Å². The third kappa shape index (κ3) is 3.57. The number of thiophene rings is 1. The van der Waals surface area contributed by atoms with Crippen molar-refractivity contribution in [3.63, 3.8) is 0 Å². The van der Waals surface area contributed by atoms with Gasteiger partial charge >= 0.3 is 0 Å². The topological polar surface area (TPSA) is 49.8 Å². The zero-order chi connectivity index (χ0) is 13.0. The summed E-state index contributed by atoms with van der Waals surface area (Å²) in [4.78, 5) is 9.70. The first kappa shape index (κ1) is 13.6. The van der Waals surface area contributed by atoms with Gasteiger partial charge in [0.2, 0.25) is 5.95 Å². The van der Waals surface area contributed by atoms with E-state index in [1.807, 2.05) is 19.1 Å². The van der Waals surface area contributed by atoms with Crippen LogP contribution in [0.1, 0.15) is 11.8 Å². The van der Waals surface area contributed by atoms with E-state index in [-0.39, 0.29) is 0 Å². The molecule has 96 valence electrons. The van der Waals surface area contributed by atoms with Gasteiger partial charge in [0.15, 0.2) is 0 Å². The van der Waals surface area contributed by atoms with Gasteiger partial charge in [-0.2, -0.15) is 4.98 Å². The maximum Gasteiger partial charge on any atom is 0.224 e. The Morgan fingerprint density at radius 3 is 2.89 bits per heavy atom. The zero-order valence-corrected chi connectivity index (χ0v) is 12.9. The van der Waals surface area contributed by atoms with Crippen molar-refractivity contribution in [3.05, 3.63) is 32.0 Å². The van der Waals surface area contributed by atoms with E-state index in [0.29, 0.717) is 12.5 Å². The van der Waals surface area contributed by atoms with Crippen LogP contribution >= 0.6 is 38.9 Å². The fourth-order valence-corrected chi connectivity index (χ4v) is 2.71. The summed E-state index contributed by atoms with van der Waals surface area (Å²) < 4.78 is 1.63. The minimum absolute atomic E-state index is 0.618. The second kappa shape index (κ2) is 6.36. The Hall–Kier alpha value is -0.850. The van der Waals surface area contributed by atoms with E-state index in [0.717, 1.165) is 26.0 Å². The van der Waals surface area contributed by atoms with Crippen molar-refractivity contribution in [1.29, 1.82) is 0 Å². The molecule has 0 fully saturated rings. The second-order valence-corrected chi connectivity index (χ2v) is 6.13. The fraction of sp³-hybridized carbons (Fsp3) is 0.273. The molecule has 0 saturated heterocycles. The van der Waals surface area contributed by atoms with Crippen LogP contribution in [0.5, 0.6) is 0 Å². The minimum Gasteiger partial charge on any atom is -0.364 e. The summed E-state index contributed by atoms with van der Waals surface area (Å²) in [6.07, 6.45) is 1.73. The predicted octanol–water partition coefficient (Wildman–Crippen LogP) is 4.00. The average Bonchev–Trinajstić information content (AvgIpc) is 2.76. The Labute approximate surface area is 123 Å². The summed E-state index contributed by atoms with van der Waals surface area (Å²) >= 11 is 10.9. The highest BCUT2D eigenvalue weighted by atomic mass is 79.9. The number of halogens is 2. The van der Waals surface area contributed by atoms with Crippen LogP contribution in [0.3, 0.4) is 0 Å². The van der Waals surface area contributed by atoms with E-state index in [9.17, 15) is 0 Å². The number of nitrogens with zero attached hydrogens (tertiary/aromatic N) is 2. The number of nitrogens with one attached hydrogen (secondary N) is 2. The Morgan fingerprint density at radius 1 is 1.39 bits per heavy atom. The summed E-state index contributed by atoms with van der Waals surface area (Å²) in [6.45, 7) is 3.49. The Kier molecular flexibility index (Phi) is 4.79. The molecule has 0 aliphatic heterocycles. The number of aromatic nitrogens is 2. The normalized spacial score (nSPS) is 10.4. The third-order valence-electron chi connectivity index (χ3n) is 2.14. The largest absolute Gasteiger partial charge is 0.364 e. The van der Waals surface area contributed by atoms with Crippen molar-refractivity contribution in [2.75, 3.05) is 17.2 Å². The molecule has 0 atom stereocenters. The number of rotatable bonds is 5. The Balaban J connectivity index is 2.05. The van der Waals surface area contributed by atoms with Crippen LogP contribution in [0, 0.1) is 0 Å². The smallest absolute Gasteiger partial charge is 0.224 e. The molecule has 7 heteroatoms. The van der Waals surface area contributed by atoms with E-state index in [2.05, 4.69) is 36.5 Å². The second-order valence-electron chi connectivity index (χ2n) is 3.48. The van der Waals surface area contributed by atoms with Crippen molar-refractivity contribution >= 4 is 50.6 Å². The van der Waals surface area contributed by atoms with E-state index in [1.165, 1.54) is 0 Å². The van der Waals surface area contributed by atoms with Gasteiger partial charge in [-0.25, -0.2) is 4.98 Å². The lowest BCUT2D eigenvalue weighted by atomic mass is 10.4. The molecule has 0 aromatic carbocycles. The monoisotopic (exact) mass is 346 g/mol. The molecular weight excluding hydrogens is 336 g/mol. The van der Waals surface area contributed by atoms with Gasteiger partial charge < -0.3 is 10.6 Å². The lowest BCUT2D eigenvalue weighted by Crippen LogP contribution is -2.06. The Bertz CT molecular complexity index is 532. The molecule has 0 radical (unpaired) electrons. The third-order valence-corrected chi connectivity index (χ3v) is 3.95. The predicted molar refractivity (Wildman–Crippen MR) is 80.6 cm³/mol. The number of hydrogen-bond donors (Lipinski definition) is 2. The van der Waals surface area contributed by atoms with Gasteiger partial charge in [-0.1, -0.05) is 11.6 Å². The molecule has 0 bridgehead atoms. The standard InChI is InChI=1S/C11H12BrClN4S/c1-2-14-11-16-6-8(12)10(17-11)15-5-7-3-4-9(13)18-7/h3-4,6H,2,5H2,1H3,(H2,14,15,16,17). The molecule has 0 unspecified atom stereocenters. The quantitative estimate of drug-likeness (QED) is 0.858. The molecule has 0 aliphatic rings. The first-order chi connectivity index (χ1) is 8.69. The van der Waals surface area contributed by atoms with E-state index >= 15 is 0 Å². The summed E-state index contributed by atoms with van der Waals surface area (Å²) in [7, 11) is 0. The van der Waals surface area contributed by atoms with Gasteiger partial charge in [-0.3, -0.25) is 0 Å². The fourth-order valence-electron chi connectivity index (χ4n) is 1.35. The molecule has 0 aliphatic carbocycles. The van der Waals surface area contributed by atoms with E-state index in [1.54, 1.807) is 17.5 Å². The maximum atomic E-state index is 5.89. The van der Waals surface area contributed by atoms with Crippen LogP contribution in [0.4, 0.5) is 11.8 Å². The van der Waals surface area contributed by atoms with Crippen molar-refractivity contribution in [2.45, 2.75) is 13.5 Å². The highest BCUT2D eigenvalue weighted by Crippen LogP contribution is 2.24. The molecule has 2 N–H and O–H groups in total. The summed E-state index contributed by atoms with van der Waals surface area (Å²) in [5, 5.41) is 6.33. The van der Waals surface area contributed by atoms with Crippen molar-refractivity contribution in [2.24, 2.45) is 0 Å². The minimum atomic E-state index is 0.618. The molecule has 0 spiro atoms. The summed E-state index contributed by atoms with van der Waals surface area (Å²) in [5.41, 5.74) is 0. The SMILES string of the molecule is CCNc1ncc(Br)c(NCc2ccc(Cl)s2)n1. The molecular formula is C11H12BrClN4S. The molecule has 2 rings (SSSR count). The van der Waals surface area contributed by atoms with Gasteiger partial charge in [-0.15, -0.1) is 11.3 Å². The van der Waals surface area contributed by atoms with E-state index < -0.39 is 0 Å². The molecule has 4 nitrogen and oxygen atoms in total. The van der Waals surface area contributed by atoms with Crippen LogP contribution in [-0.4, -0.2) is 16.5 Å². The lowest BCUT2D eigenvalue weighted by Gasteiger charge is -2.08. The lowest BCUT2D eigenvalue weighted by molar-refractivity contribution is 1.05. The summed E-state index contributed by atoms with van der Waals surface area (Å²) in [5.74, 6) is 1.39. The number of hydrogen-bond acceptors (Lipinski definition) is 5. The first-order valence-electron chi connectivity index (χ1n) is 5.43. The Morgan fingerprint density at radius 2 is 2.22 bits per heavy atom. The molecule has 2 aromatic heterocycles. The van der Waals surface area contributed by atoms with Gasteiger partial charge in [0, 0.05) is 17.6 Å². The molecule has 0 saturated carbocycles. The summed E-state index contributed by atoms with van der Waals surface area (Å²) in [6, 6.07) is 3.89. The van der Waals surface area contributed by atoms with Gasteiger partial charge in [0.1, 0.15) is 5.82 Å². The molecule has 0 amide bonds. The van der Waals surface area contributed by atoms with E-state index in [4.69, 9.17) is 11.6 Å². The zero-order valence-electron chi connectivity index (χ0n) is 9.70. The van der Waals surface area contributed by atoms with Crippen molar-refractivity contribution < 1.29 is 0 Å². The molecule has 18 heavy (non-hydrogen) atoms. The van der Waals surface area contributed by atoms with Crippen LogP contribution in [-0.2, 0) is 6.54 Å². The first-order valence-corrected chi connectivity index (χ1v) is 7.42. The maximum absolute atomic E-state index is 5.89. The van der Waals surface area contributed by atoms with Crippen molar-refractivity contribution in [3.8, 4) is 0 Å². The van der Waals surface area contributed by atoms with Gasteiger partial charge in [0.25, 0.3) is 0 Å². The van der Waals surface area contributed by atoms with Crippen LogP contribution in [0.15, 0.2) is 22.8 Å². The highest BCUT2D eigenvalue weighted by Gasteiger charge is 2.05. The molecule has 2 heterocycles. The molecule has 2 aromatic rings. The van der Waals surface area contributed by atoms with Gasteiger partial charge in [0.05, 0.1) is 15.4 Å². The number of anilines is 2.